The highest BCUT2D eigenvalue weighted by Crippen LogP contribution is 2.31. The van der Waals surface area contributed by atoms with E-state index in [9.17, 15) is 4.79 Å². The Morgan fingerprint density at radius 1 is 1.00 bits per heavy atom. The molecule has 140 valence electrons. The highest BCUT2D eigenvalue weighted by atomic mass is 16.6. The zero-order valence-electron chi connectivity index (χ0n) is 15.1. The normalized spacial score (nSPS) is 20.8. The lowest BCUT2D eigenvalue weighted by Gasteiger charge is -2.36. The average Bonchev–Trinajstić information content (AvgIpc) is 3.04. The molecule has 0 aliphatic carbocycles. The molecule has 27 heavy (non-hydrogen) atoms. The van der Waals surface area contributed by atoms with Crippen LogP contribution in [0, 0.1) is 0 Å². The highest BCUT2D eigenvalue weighted by molar-refractivity contribution is 5.75. The second-order valence-corrected chi connectivity index (χ2v) is 7.35. The summed E-state index contributed by atoms with van der Waals surface area (Å²) in [4.78, 5) is 17.8. The predicted octanol–water partition coefficient (Wildman–Crippen LogP) is 2.81. The Morgan fingerprint density at radius 2 is 1.74 bits per heavy atom. The number of likely N-dealkylation sites (tertiary alicyclic amines) is 1. The van der Waals surface area contributed by atoms with Crippen LogP contribution in [0.5, 0.6) is 11.5 Å². The molecule has 2 aliphatic rings. The van der Waals surface area contributed by atoms with Gasteiger partial charge in [0.2, 0.25) is 0 Å². The maximum absolute atomic E-state index is 12.4. The van der Waals surface area contributed by atoms with Gasteiger partial charge in [-0.1, -0.05) is 24.3 Å². The van der Waals surface area contributed by atoms with Crippen molar-refractivity contribution in [2.75, 3.05) is 26.2 Å². The fourth-order valence-electron chi connectivity index (χ4n) is 4.24. The van der Waals surface area contributed by atoms with E-state index < -0.39 is 0 Å². The Kier molecular flexibility index (Phi) is 4.13. The van der Waals surface area contributed by atoms with Crippen molar-refractivity contribution in [3.8, 4) is 11.5 Å². The van der Waals surface area contributed by atoms with Gasteiger partial charge in [0, 0.05) is 25.7 Å². The van der Waals surface area contributed by atoms with Gasteiger partial charge in [-0.3, -0.25) is 9.47 Å². The SMILES string of the molecule is O=c1[nH]c2ccccc2n1C1CCN(CC2COc3ccccc3O2)CC1. The number of nitrogens with zero attached hydrogens (tertiary/aromatic N) is 2. The molecule has 1 fully saturated rings. The van der Waals surface area contributed by atoms with E-state index in [4.69, 9.17) is 9.47 Å². The molecule has 0 amide bonds. The first-order chi connectivity index (χ1) is 13.3. The summed E-state index contributed by atoms with van der Waals surface area (Å²) in [5.41, 5.74) is 1.91. The van der Waals surface area contributed by atoms with Crippen molar-refractivity contribution in [2.24, 2.45) is 0 Å². The number of benzene rings is 2. The zero-order chi connectivity index (χ0) is 18.2. The Bertz CT molecular complexity index is 1000. The number of nitrogens with one attached hydrogen (secondary N) is 1. The molecule has 6 heteroatoms. The molecule has 1 saturated heterocycles. The predicted molar refractivity (Wildman–Crippen MR) is 104 cm³/mol. The maximum Gasteiger partial charge on any atom is 0.326 e. The van der Waals surface area contributed by atoms with Crippen LogP contribution in [0.1, 0.15) is 18.9 Å². The van der Waals surface area contributed by atoms with E-state index in [2.05, 4.69) is 9.88 Å². The first-order valence-corrected chi connectivity index (χ1v) is 9.58. The third-order valence-electron chi connectivity index (χ3n) is 5.58. The number of piperidine rings is 1. The van der Waals surface area contributed by atoms with Gasteiger partial charge in [0.1, 0.15) is 12.7 Å². The molecule has 1 atom stereocenters. The summed E-state index contributed by atoms with van der Waals surface area (Å²) in [5.74, 6) is 1.65. The maximum atomic E-state index is 12.4. The lowest BCUT2D eigenvalue weighted by atomic mass is 10.0. The van der Waals surface area contributed by atoms with Crippen molar-refractivity contribution in [2.45, 2.75) is 25.0 Å². The first-order valence-electron chi connectivity index (χ1n) is 9.58. The summed E-state index contributed by atoms with van der Waals surface area (Å²) in [6.45, 7) is 3.35. The first kappa shape index (κ1) is 16.4. The van der Waals surface area contributed by atoms with Gasteiger partial charge in [-0.15, -0.1) is 0 Å². The molecule has 0 bridgehead atoms. The summed E-state index contributed by atoms with van der Waals surface area (Å²) in [7, 11) is 0. The summed E-state index contributed by atoms with van der Waals surface area (Å²) >= 11 is 0. The van der Waals surface area contributed by atoms with Gasteiger partial charge in [-0.2, -0.15) is 0 Å². The van der Waals surface area contributed by atoms with Gasteiger partial charge >= 0.3 is 5.69 Å². The minimum Gasteiger partial charge on any atom is -0.486 e. The molecule has 5 rings (SSSR count). The Labute approximate surface area is 157 Å². The van der Waals surface area contributed by atoms with Gasteiger partial charge in [0.05, 0.1) is 11.0 Å². The number of aromatic nitrogens is 2. The van der Waals surface area contributed by atoms with E-state index in [-0.39, 0.29) is 17.8 Å². The smallest absolute Gasteiger partial charge is 0.326 e. The molecule has 0 spiro atoms. The van der Waals surface area contributed by atoms with E-state index in [1.54, 1.807) is 0 Å². The van der Waals surface area contributed by atoms with E-state index in [1.165, 1.54) is 0 Å². The molecule has 3 aromatic rings. The number of H-pyrrole nitrogens is 1. The van der Waals surface area contributed by atoms with Crippen LogP contribution in [0.3, 0.4) is 0 Å². The van der Waals surface area contributed by atoms with Crippen LogP contribution in [0.4, 0.5) is 0 Å². The van der Waals surface area contributed by atoms with E-state index in [0.29, 0.717) is 6.61 Å². The number of hydrogen-bond acceptors (Lipinski definition) is 4. The Hall–Kier alpha value is -2.73. The average molecular weight is 365 g/mol. The van der Waals surface area contributed by atoms with Crippen molar-refractivity contribution >= 4 is 11.0 Å². The number of imidazole rings is 1. The minimum atomic E-state index is -0.00438. The number of rotatable bonds is 3. The molecular formula is C21H23N3O3. The lowest BCUT2D eigenvalue weighted by Crippen LogP contribution is -2.45. The largest absolute Gasteiger partial charge is 0.486 e. The van der Waals surface area contributed by atoms with Gasteiger partial charge in [0.25, 0.3) is 0 Å². The third-order valence-corrected chi connectivity index (χ3v) is 5.58. The van der Waals surface area contributed by atoms with Crippen LogP contribution in [-0.4, -0.2) is 46.8 Å². The topological polar surface area (TPSA) is 59.5 Å². The van der Waals surface area contributed by atoms with Crippen molar-refractivity contribution < 1.29 is 9.47 Å². The van der Waals surface area contributed by atoms with Crippen LogP contribution in [0.25, 0.3) is 11.0 Å². The second kappa shape index (κ2) is 6.78. The number of fused-ring (bicyclic) bond motifs is 2. The number of hydrogen-bond donors (Lipinski definition) is 1. The lowest BCUT2D eigenvalue weighted by molar-refractivity contribution is 0.0485. The molecule has 6 nitrogen and oxygen atoms in total. The Morgan fingerprint density at radius 3 is 2.59 bits per heavy atom. The van der Waals surface area contributed by atoms with Crippen LogP contribution < -0.4 is 15.2 Å². The number of ether oxygens (including phenoxy) is 2. The third kappa shape index (κ3) is 3.10. The summed E-state index contributed by atoms with van der Waals surface area (Å²) in [6, 6.07) is 16.0. The van der Waals surface area contributed by atoms with Gasteiger partial charge in [-0.05, 0) is 37.1 Å². The molecule has 1 unspecified atom stereocenters. The number of para-hydroxylation sites is 4. The van der Waals surface area contributed by atoms with Crippen molar-refractivity contribution in [1.29, 1.82) is 0 Å². The summed E-state index contributed by atoms with van der Waals surface area (Å²) in [6.07, 6.45) is 1.98. The van der Waals surface area contributed by atoms with E-state index >= 15 is 0 Å². The van der Waals surface area contributed by atoms with Crippen molar-refractivity contribution in [1.82, 2.24) is 14.5 Å². The fraction of sp³-hybridized carbons (Fsp3) is 0.381. The van der Waals surface area contributed by atoms with Gasteiger partial charge in [0.15, 0.2) is 11.5 Å². The zero-order valence-corrected chi connectivity index (χ0v) is 15.1. The monoisotopic (exact) mass is 365 g/mol. The van der Waals surface area contributed by atoms with Gasteiger partial charge in [-0.25, -0.2) is 4.79 Å². The molecule has 3 heterocycles. The quantitative estimate of drug-likeness (QED) is 0.775. The van der Waals surface area contributed by atoms with Gasteiger partial charge < -0.3 is 14.5 Å². The molecular weight excluding hydrogens is 342 g/mol. The molecule has 0 radical (unpaired) electrons. The summed E-state index contributed by atoms with van der Waals surface area (Å²) < 4.78 is 13.8. The minimum absolute atomic E-state index is 0.00438. The molecule has 2 aliphatic heterocycles. The fourth-order valence-corrected chi connectivity index (χ4v) is 4.24. The van der Waals surface area contributed by atoms with E-state index in [0.717, 1.165) is 55.0 Å². The Balaban J connectivity index is 1.23. The van der Waals surface area contributed by atoms with Crippen molar-refractivity contribution in [3.63, 3.8) is 0 Å². The van der Waals surface area contributed by atoms with Crippen LogP contribution in [-0.2, 0) is 0 Å². The van der Waals surface area contributed by atoms with E-state index in [1.807, 2.05) is 53.1 Å². The second-order valence-electron chi connectivity index (χ2n) is 7.35. The van der Waals surface area contributed by atoms with Crippen LogP contribution in [0.15, 0.2) is 53.3 Å². The van der Waals surface area contributed by atoms with Crippen LogP contribution >= 0.6 is 0 Å². The molecule has 2 aromatic carbocycles. The molecule has 1 aromatic heterocycles. The number of aromatic amines is 1. The van der Waals surface area contributed by atoms with Crippen molar-refractivity contribution in [3.05, 3.63) is 59.0 Å². The molecule has 1 N–H and O–H groups in total. The highest BCUT2D eigenvalue weighted by Gasteiger charge is 2.27. The van der Waals surface area contributed by atoms with Crippen LogP contribution in [0.2, 0.25) is 0 Å². The summed E-state index contributed by atoms with van der Waals surface area (Å²) in [5, 5.41) is 0. The molecule has 0 saturated carbocycles. The standard InChI is InChI=1S/C21H23N3O3/c25-21-22-17-5-1-2-6-18(17)24(21)15-9-11-23(12-10-15)13-16-14-26-19-7-3-4-8-20(19)27-16/h1-8,15-16H,9-14H2,(H,22,25).